The fourth-order valence-electron chi connectivity index (χ4n) is 2.81. The summed E-state index contributed by atoms with van der Waals surface area (Å²) in [5.74, 6) is 0.261. The number of carbonyl (C=O) groups excluding carboxylic acids is 1. The molecule has 0 heterocycles. The van der Waals surface area contributed by atoms with Crippen molar-refractivity contribution in [1.82, 2.24) is 0 Å². The van der Waals surface area contributed by atoms with Crippen LogP contribution in [0.5, 0.6) is 0 Å². The molecular weight excluding hydrogens is 222 g/mol. The summed E-state index contributed by atoms with van der Waals surface area (Å²) in [5, 5.41) is 2.13. The van der Waals surface area contributed by atoms with Crippen molar-refractivity contribution >= 4 is 5.78 Å². The van der Waals surface area contributed by atoms with Gasteiger partial charge < -0.3 is 5.32 Å². The molecule has 18 heavy (non-hydrogen) atoms. The van der Waals surface area contributed by atoms with E-state index in [1.54, 1.807) is 0 Å². The molecule has 0 saturated carbocycles. The molecule has 1 aliphatic carbocycles. The number of rotatable bonds is 4. The van der Waals surface area contributed by atoms with Crippen molar-refractivity contribution in [3.63, 3.8) is 0 Å². The second kappa shape index (κ2) is 5.66. The lowest BCUT2D eigenvalue weighted by Crippen LogP contribution is -2.94. The second-order valence-electron chi connectivity index (χ2n) is 5.78. The van der Waals surface area contributed by atoms with Crippen molar-refractivity contribution in [3.8, 4) is 0 Å². The number of aryl methyl sites for hydroxylation is 2. The van der Waals surface area contributed by atoms with Crippen LogP contribution in [0.2, 0.25) is 0 Å². The Morgan fingerprint density at radius 1 is 1.11 bits per heavy atom. The fraction of sp³-hybridized carbons (Fsp3) is 0.562. The Morgan fingerprint density at radius 3 is 2.44 bits per heavy atom. The number of quaternary nitrogens is 1. The standard InChI is InChI=1S/C16H23NO/c1-11(2)17-12(3)16(18)15-9-8-13-6-4-5-7-14(13)10-15/h8-12,17H,4-7H2,1-3H3/p+1/t12-/m0/s1. The molecular formula is C16H24NO+. The number of ketones is 1. The molecule has 2 N–H and O–H groups in total. The molecule has 1 atom stereocenters. The molecule has 98 valence electrons. The third-order valence-corrected chi connectivity index (χ3v) is 3.72. The Balaban J connectivity index is 2.15. The van der Waals surface area contributed by atoms with E-state index in [9.17, 15) is 4.79 Å². The average Bonchev–Trinajstić information content (AvgIpc) is 2.36. The van der Waals surface area contributed by atoms with Crippen LogP contribution in [0.4, 0.5) is 0 Å². The molecule has 0 aromatic heterocycles. The Hall–Kier alpha value is -1.15. The van der Waals surface area contributed by atoms with Crippen LogP contribution in [0, 0.1) is 0 Å². The van der Waals surface area contributed by atoms with Crippen LogP contribution in [0.1, 0.15) is 55.1 Å². The SMILES string of the molecule is CC(C)[NH2+][C@@H](C)C(=O)c1ccc2c(c1)CCCC2. The smallest absolute Gasteiger partial charge is 0.219 e. The van der Waals surface area contributed by atoms with E-state index in [2.05, 4.69) is 31.3 Å². The maximum Gasteiger partial charge on any atom is 0.219 e. The molecule has 0 radical (unpaired) electrons. The molecule has 0 spiro atoms. The monoisotopic (exact) mass is 246 g/mol. The van der Waals surface area contributed by atoms with E-state index < -0.39 is 0 Å². The Bertz CT molecular complexity index is 437. The molecule has 2 heteroatoms. The molecule has 1 aliphatic rings. The highest BCUT2D eigenvalue weighted by Gasteiger charge is 2.20. The second-order valence-corrected chi connectivity index (χ2v) is 5.78. The van der Waals surface area contributed by atoms with E-state index in [0.717, 1.165) is 12.0 Å². The van der Waals surface area contributed by atoms with Crippen molar-refractivity contribution < 1.29 is 10.1 Å². The molecule has 0 bridgehead atoms. The predicted molar refractivity (Wildman–Crippen MR) is 73.9 cm³/mol. The van der Waals surface area contributed by atoms with Crippen LogP contribution in [0.15, 0.2) is 18.2 Å². The van der Waals surface area contributed by atoms with Crippen LogP contribution in [0.3, 0.4) is 0 Å². The predicted octanol–water partition coefficient (Wildman–Crippen LogP) is 2.11. The van der Waals surface area contributed by atoms with Gasteiger partial charge in [0, 0.05) is 5.56 Å². The fourth-order valence-corrected chi connectivity index (χ4v) is 2.81. The van der Waals surface area contributed by atoms with Gasteiger partial charge in [-0.25, -0.2) is 0 Å². The highest BCUT2D eigenvalue weighted by molar-refractivity contribution is 5.99. The lowest BCUT2D eigenvalue weighted by molar-refractivity contribution is -0.699. The van der Waals surface area contributed by atoms with Crippen molar-refractivity contribution in [2.24, 2.45) is 0 Å². The van der Waals surface area contributed by atoms with Gasteiger partial charge in [0.1, 0.15) is 6.04 Å². The highest BCUT2D eigenvalue weighted by atomic mass is 16.1. The zero-order valence-corrected chi connectivity index (χ0v) is 11.7. The number of hydrogen-bond donors (Lipinski definition) is 1. The van der Waals surface area contributed by atoms with Crippen LogP contribution in [-0.4, -0.2) is 17.9 Å². The molecule has 2 rings (SSSR count). The molecule has 0 amide bonds. The van der Waals surface area contributed by atoms with Gasteiger partial charge in [0.25, 0.3) is 0 Å². The van der Waals surface area contributed by atoms with Gasteiger partial charge in [-0.3, -0.25) is 4.79 Å². The summed E-state index contributed by atoms with van der Waals surface area (Å²) in [5.41, 5.74) is 3.72. The first-order valence-electron chi connectivity index (χ1n) is 7.09. The van der Waals surface area contributed by atoms with E-state index in [-0.39, 0.29) is 11.8 Å². The van der Waals surface area contributed by atoms with E-state index >= 15 is 0 Å². The van der Waals surface area contributed by atoms with E-state index in [4.69, 9.17) is 0 Å². The van der Waals surface area contributed by atoms with E-state index in [0.29, 0.717) is 6.04 Å². The normalized spacial score (nSPS) is 16.4. The summed E-state index contributed by atoms with van der Waals surface area (Å²) < 4.78 is 0. The Morgan fingerprint density at radius 2 is 1.78 bits per heavy atom. The van der Waals surface area contributed by atoms with Gasteiger partial charge in [0.2, 0.25) is 5.78 Å². The summed E-state index contributed by atoms with van der Waals surface area (Å²) >= 11 is 0. The first-order chi connectivity index (χ1) is 8.58. The van der Waals surface area contributed by atoms with Gasteiger partial charge in [-0.15, -0.1) is 0 Å². The van der Waals surface area contributed by atoms with Crippen LogP contribution >= 0.6 is 0 Å². The number of fused-ring (bicyclic) bond motifs is 1. The summed E-state index contributed by atoms with van der Waals surface area (Å²) in [4.78, 5) is 12.3. The molecule has 1 aromatic rings. The number of Topliss-reactive ketones (excluding diaryl/α,β-unsaturated/α-hetero) is 1. The van der Waals surface area contributed by atoms with Crippen LogP contribution in [0.25, 0.3) is 0 Å². The number of nitrogens with two attached hydrogens (primary N) is 1. The van der Waals surface area contributed by atoms with E-state index in [1.807, 2.05) is 13.0 Å². The lowest BCUT2D eigenvalue weighted by atomic mass is 9.89. The number of benzene rings is 1. The van der Waals surface area contributed by atoms with Gasteiger partial charge in [0.05, 0.1) is 6.04 Å². The topological polar surface area (TPSA) is 33.7 Å². The minimum absolute atomic E-state index is 0.0200. The Kier molecular flexibility index (Phi) is 4.18. The van der Waals surface area contributed by atoms with Gasteiger partial charge in [0.15, 0.2) is 0 Å². The molecule has 0 fully saturated rings. The lowest BCUT2D eigenvalue weighted by Gasteiger charge is -2.17. The maximum atomic E-state index is 12.3. The summed E-state index contributed by atoms with van der Waals surface area (Å²) in [6.45, 7) is 6.25. The Labute approximate surface area is 110 Å². The highest BCUT2D eigenvalue weighted by Crippen LogP contribution is 2.22. The molecule has 0 saturated heterocycles. The van der Waals surface area contributed by atoms with Crippen LogP contribution < -0.4 is 5.32 Å². The average molecular weight is 246 g/mol. The van der Waals surface area contributed by atoms with E-state index in [1.165, 1.54) is 30.4 Å². The number of carbonyl (C=O) groups is 1. The molecule has 0 unspecified atom stereocenters. The zero-order valence-electron chi connectivity index (χ0n) is 11.7. The summed E-state index contributed by atoms with van der Waals surface area (Å²) in [6.07, 6.45) is 4.87. The number of hydrogen-bond acceptors (Lipinski definition) is 1. The zero-order chi connectivity index (χ0) is 13.1. The summed E-state index contributed by atoms with van der Waals surface area (Å²) in [7, 11) is 0. The van der Waals surface area contributed by atoms with Gasteiger partial charge in [-0.05, 0) is 63.6 Å². The molecule has 2 nitrogen and oxygen atoms in total. The minimum Gasteiger partial charge on any atom is -0.336 e. The molecule has 0 aliphatic heterocycles. The third-order valence-electron chi connectivity index (χ3n) is 3.72. The van der Waals surface area contributed by atoms with Crippen molar-refractivity contribution in [1.29, 1.82) is 0 Å². The quantitative estimate of drug-likeness (QED) is 0.811. The molecule has 1 aromatic carbocycles. The van der Waals surface area contributed by atoms with Gasteiger partial charge >= 0.3 is 0 Å². The van der Waals surface area contributed by atoms with Gasteiger partial charge in [-0.2, -0.15) is 0 Å². The maximum absolute atomic E-state index is 12.3. The summed E-state index contributed by atoms with van der Waals surface area (Å²) in [6, 6.07) is 6.77. The minimum atomic E-state index is 0.0200. The van der Waals surface area contributed by atoms with Crippen molar-refractivity contribution in [2.45, 2.75) is 58.5 Å². The van der Waals surface area contributed by atoms with Crippen LogP contribution in [-0.2, 0) is 12.8 Å². The van der Waals surface area contributed by atoms with Gasteiger partial charge in [-0.1, -0.05) is 12.1 Å². The first-order valence-corrected chi connectivity index (χ1v) is 7.09. The van der Waals surface area contributed by atoms with Crippen molar-refractivity contribution in [3.05, 3.63) is 34.9 Å². The third kappa shape index (κ3) is 2.99. The first kappa shape index (κ1) is 13.3. The van der Waals surface area contributed by atoms with Crippen molar-refractivity contribution in [2.75, 3.05) is 0 Å². The largest absolute Gasteiger partial charge is 0.336 e.